The second-order valence-electron chi connectivity index (χ2n) is 4.46. The van der Waals surface area contributed by atoms with Gasteiger partial charge in [0.1, 0.15) is 0 Å². The summed E-state index contributed by atoms with van der Waals surface area (Å²) in [6.45, 7) is 0. The van der Waals surface area contributed by atoms with E-state index in [9.17, 15) is 0 Å². The lowest BCUT2D eigenvalue weighted by atomic mass is 10.2. The number of hydrogen-bond acceptors (Lipinski definition) is 3. The predicted octanol–water partition coefficient (Wildman–Crippen LogP) is 3.48. The Morgan fingerprint density at radius 2 is 2.05 bits per heavy atom. The molecular weight excluding hydrogens is 306 g/mol. The molecule has 0 unspecified atom stereocenters. The highest BCUT2D eigenvalue weighted by Crippen LogP contribution is 2.19. The average molecular weight is 318 g/mol. The fourth-order valence-corrected chi connectivity index (χ4v) is 2.22. The van der Waals surface area contributed by atoms with Crippen molar-refractivity contribution in [2.45, 2.75) is 0 Å². The minimum Gasteiger partial charge on any atom is -0.350 e. The zero-order valence-corrected chi connectivity index (χ0v) is 12.8. The molecule has 1 aromatic carbocycles. The number of benzene rings is 1. The molecule has 0 aliphatic carbocycles. The number of aromatic amines is 1. The van der Waals surface area contributed by atoms with Crippen molar-refractivity contribution in [1.82, 2.24) is 19.4 Å². The van der Waals surface area contributed by atoms with Crippen LogP contribution in [-0.4, -0.2) is 25.7 Å². The van der Waals surface area contributed by atoms with Crippen LogP contribution < -0.4 is 0 Å². The maximum atomic E-state index is 5.90. The largest absolute Gasteiger partial charge is 0.350 e. The third kappa shape index (κ3) is 2.81. The third-order valence-electron chi connectivity index (χ3n) is 3.04. The molecule has 0 saturated heterocycles. The van der Waals surface area contributed by atoms with Crippen LogP contribution in [0.5, 0.6) is 0 Å². The normalized spacial score (nSPS) is 11.3. The van der Waals surface area contributed by atoms with Gasteiger partial charge >= 0.3 is 0 Å². The number of halogens is 1. The summed E-state index contributed by atoms with van der Waals surface area (Å²) in [5.74, 6) is 0.641. The summed E-state index contributed by atoms with van der Waals surface area (Å²) in [7, 11) is 1.95. The van der Waals surface area contributed by atoms with E-state index in [1.165, 1.54) is 0 Å². The standard InChI is InChI=1S/C14H12ClN5S/c1-19-8-2-3-12(19)9-16-20-13(17-18-14(20)21)10-4-6-11(15)7-5-10/h2-9H,1H3,(H,18,21)/b16-9-. The van der Waals surface area contributed by atoms with E-state index in [1.807, 2.05) is 42.1 Å². The van der Waals surface area contributed by atoms with Crippen molar-refractivity contribution in [3.63, 3.8) is 0 Å². The Labute approximate surface area is 131 Å². The number of hydrogen-bond donors (Lipinski definition) is 1. The Bertz CT molecular complexity index is 841. The zero-order chi connectivity index (χ0) is 14.8. The molecule has 21 heavy (non-hydrogen) atoms. The molecule has 0 fully saturated rings. The van der Waals surface area contributed by atoms with Gasteiger partial charge in [-0.15, -0.1) is 0 Å². The predicted molar refractivity (Wildman–Crippen MR) is 86.3 cm³/mol. The minimum absolute atomic E-state index is 0.436. The maximum Gasteiger partial charge on any atom is 0.216 e. The second kappa shape index (κ2) is 5.67. The van der Waals surface area contributed by atoms with Crippen LogP contribution in [0, 0.1) is 4.77 Å². The van der Waals surface area contributed by atoms with Crippen molar-refractivity contribution in [2.75, 3.05) is 0 Å². The van der Waals surface area contributed by atoms with Gasteiger partial charge in [-0.3, -0.25) is 0 Å². The Balaban J connectivity index is 2.02. The van der Waals surface area contributed by atoms with Crippen LogP contribution in [0.3, 0.4) is 0 Å². The fraction of sp³-hybridized carbons (Fsp3) is 0.0714. The van der Waals surface area contributed by atoms with Crippen molar-refractivity contribution in [2.24, 2.45) is 12.1 Å². The molecule has 3 aromatic rings. The van der Waals surface area contributed by atoms with Gasteiger partial charge in [0.15, 0.2) is 5.82 Å². The van der Waals surface area contributed by atoms with E-state index in [4.69, 9.17) is 23.8 Å². The molecule has 0 radical (unpaired) electrons. The van der Waals surface area contributed by atoms with E-state index in [0.29, 0.717) is 15.6 Å². The highest BCUT2D eigenvalue weighted by molar-refractivity contribution is 7.71. The number of aryl methyl sites for hydroxylation is 1. The van der Waals surface area contributed by atoms with Gasteiger partial charge in [-0.25, -0.2) is 5.10 Å². The summed E-state index contributed by atoms with van der Waals surface area (Å²) in [6, 6.07) is 11.3. The van der Waals surface area contributed by atoms with E-state index >= 15 is 0 Å². The zero-order valence-electron chi connectivity index (χ0n) is 11.2. The Morgan fingerprint density at radius 1 is 1.29 bits per heavy atom. The molecule has 2 heterocycles. The Morgan fingerprint density at radius 3 is 2.71 bits per heavy atom. The molecule has 0 bridgehead atoms. The molecule has 0 atom stereocenters. The molecule has 0 aliphatic rings. The molecule has 1 N–H and O–H groups in total. The first-order valence-corrected chi connectivity index (χ1v) is 7.03. The van der Waals surface area contributed by atoms with Gasteiger partial charge in [0.2, 0.25) is 4.77 Å². The van der Waals surface area contributed by atoms with Crippen molar-refractivity contribution in [3.05, 3.63) is 58.1 Å². The quantitative estimate of drug-likeness (QED) is 0.594. The molecular formula is C14H12ClN5S. The summed E-state index contributed by atoms with van der Waals surface area (Å²) < 4.78 is 3.99. The van der Waals surface area contributed by atoms with Crippen LogP contribution in [0.25, 0.3) is 11.4 Å². The second-order valence-corrected chi connectivity index (χ2v) is 5.28. The van der Waals surface area contributed by atoms with E-state index in [0.717, 1.165) is 11.3 Å². The van der Waals surface area contributed by atoms with Gasteiger partial charge in [0.05, 0.1) is 11.9 Å². The average Bonchev–Trinajstić information content (AvgIpc) is 3.04. The van der Waals surface area contributed by atoms with Crippen LogP contribution in [-0.2, 0) is 7.05 Å². The number of aromatic nitrogens is 4. The first-order valence-electron chi connectivity index (χ1n) is 6.24. The number of nitrogens with one attached hydrogen (secondary N) is 1. The van der Waals surface area contributed by atoms with Gasteiger partial charge in [-0.1, -0.05) is 11.6 Å². The van der Waals surface area contributed by atoms with E-state index < -0.39 is 0 Å². The molecule has 0 saturated carbocycles. The van der Waals surface area contributed by atoms with Gasteiger partial charge < -0.3 is 4.57 Å². The topological polar surface area (TPSA) is 50.9 Å². The van der Waals surface area contributed by atoms with Gasteiger partial charge in [-0.2, -0.15) is 14.9 Å². The monoisotopic (exact) mass is 317 g/mol. The number of rotatable bonds is 3. The minimum atomic E-state index is 0.436. The van der Waals surface area contributed by atoms with E-state index in [-0.39, 0.29) is 0 Å². The molecule has 2 aromatic heterocycles. The Kier molecular flexibility index (Phi) is 3.72. The smallest absolute Gasteiger partial charge is 0.216 e. The van der Waals surface area contributed by atoms with Crippen molar-refractivity contribution < 1.29 is 0 Å². The number of nitrogens with zero attached hydrogens (tertiary/aromatic N) is 4. The molecule has 106 valence electrons. The van der Waals surface area contributed by atoms with Gasteiger partial charge in [0.25, 0.3) is 0 Å². The molecule has 0 aliphatic heterocycles. The fourth-order valence-electron chi connectivity index (χ4n) is 1.91. The highest BCUT2D eigenvalue weighted by Gasteiger charge is 2.07. The van der Waals surface area contributed by atoms with Crippen LogP contribution in [0.4, 0.5) is 0 Å². The Hall–Kier alpha value is -2.18. The maximum absolute atomic E-state index is 5.90. The lowest BCUT2D eigenvalue weighted by molar-refractivity contribution is 0.862. The van der Waals surface area contributed by atoms with Crippen molar-refractivity contribution in [1.29, 1.82) is 0 Å². The van der Waals surface area contributed by atoms with E-state index in [2.05, 4.69) is 15.3 Å². The highest BCUT2D eigenvalue weighted by atomic mass is 35.5. The third-order valence-corrected chi connectivity index (χ3v) is 3.56. The molecule has 0 amide bonds. The van der Waals surface area contributed by atoms with Gasteiger partial charge in [-0.05, 0) is 48.6 Å². The molecule has 5 nitrogen and oxygen atoms in total. The van der Waals surface area contributed by atoms with Crippen LogP contribution >= 0.6 is 23.8 Å². The summed E-state index contributed by atoms with van der Waals surface area (Å²) >= 11 is 11.1. The van der Waals surface area contributed by atoms with Crippen LogP contribution in [0.15, 0.2) is 47.7 Å². The SMILES string of the molecule is Cn1cccc1/C=N\n1c(-c2ccc(Cl)cc2)n[nH]c1=S. The molecule has 7 heteroatoms. The number of H-pyrrole nitrogens is 1. The summed E-state index contributed by atoms with van der Waals surface area (Å²) in [5, 5.41) is 12.1. The first kappa shape index (κ1) is 13.8. The lowest BCUT2D eigenvalue weighted by Crippen LogP contribution is -1.98. The first-order chi connectivity index (χ1) is 10.1. The van der Waals surface area contributed by atoms with E-state index in [1.54, 1.807) is 23.0 Å². The van der Waals surface area contributed by atoms with Crippen LogP contribution in [0.2, 0.25) is 5.02 Å². The lowest BCUT2D eigenvalue weighted by Gasteiger charge is -2.01. The molecule has 0 spiro atoms. The molecule has 3 rings (SSSR count). The summed E-state index contributed by atoms with van der Waals surface area (Å²) in [5.41, 5.74) is 1.86. The van der Waals surface area contributed by atoms with Crippen molar-refractivity contribution >= 4 is 30.0 Å². The summed E-state index contributed by atoms with van der Waals surface area (Å²) in [6.07, 6.45) is 3.70. The summed E-state index contributed by atoms with van der Waals surface area (Å²) in [4.78, 5) is 0. The van der Waals surface area contributed by atoms with Gasteiger partial charge in [0, 0.05) is 23.8 Å². The van der Waals surface area contributed by atoms with Crippen LogP contribution in [0.1, 0.15) is 5.69 Å². The van der Waals surface area contributed by atoms with Crippen molar-refractivity contribution in [3.8, 4) is 11.4 Å².